The van der Waals surface area contributed by atoms with Crippen LogP contribution < -0.4 is 4.72 Å². The number of nitrogens with zero attached hydrogens (tertiary/aromatic N) is 1. The molecule has 102 valence electrons. The molecule has 0 aromatic carbocycles. The first-order valence-corrected chi connectivity index (χ1v) is 8.79. The van der Waals surface area contributed by atoms with E-state index in [1.54, 1.807) is 11.8 Å². The molecule has 18 heavy (non-hydrogen) atoms. The zero-order chi connectivity index (χ0) is 13.8. The summed E-state index contributed by atoms with van der Waals surface area (Å²) < 4.78 is 26.0. The van der Waals surface area contributed by atoms with Gasteiger partial charge in [-0.1, -0.05) is 6.92 Å². The predicted octanol–water partition coefficient (Wildman–Crippen LogP) is 1.12. The normalized spacial score (nSPS) is 13.4. The Morgan fingerprint density at radius 2 is 2.33 bits per heavy atom. The van der Waals surface area contributed by atoms with Crippen molar-refractivity contribution in [3.8, 4) is 0 Å². The number of nitrogens with one attached hydrogen (secondary N) is 1. The van der Waals surface area contributed by atoms with Gasteiger partial charge in [-0.2, -0.15) is 11.8 Å². The maximum absolute atomic E-state index is 11.9. The number of carbonyl (C=O) groups is 1. The van der Waals surface area contributed by atoms with Crippen molar-refractivity contribution in [2.45, 2.75) is 11.1 Å². The molecule has 0 saturated heterocycles. The summed E-state index contributed by atoms with van der Waals surface area (Å²) in [4.78, 5) is 14.4. The van der Waals surface area contributed by atoms with E-state index in [-0.39, 0.29) is 16.7 Å². The van der Waals surface area contributed by atoms with Crippen molar-refractivity contribution in [3.63, 3.8) is 0 Å². The number of aromatic carboxylic acids is 1. The van der Waals surface area contributed by atoms with Crippen LogP contribution in [0.15, 0.2) is 9.72 Å². The second-order valence-corrected chi connectivity index (χ2v) is 7.43. The van der Waals surface area contributed by atoms with Crippen LogP contribution in [-0.4, -0.2) is 43.0 Å². The highest BCUT2D eigenvalue weighted by Crippen LogP contribution is 2.20. The topological polar surface area (TPSA) is 96.4 Å². The molecule has 9 heteroatoms. The van der Waals surface area contributed by atoms with E-state index in [2.05, 4.69) is 9.71 Å². The van der Waals surface area contributed by atoms with Crippen LogP contribution in [0.5, 0.6) is 0 Å². The standard InChI is InChI=1S/C9H14N2O4S3/c1-6(4-16-2)3-11-18(14,15)9-7(8(12)13)10-5-17-9/h5-6,11H,3-4H2,1-2H3,(H,12,13). The second kappa shape index (κ2) is 6.50. The number of aromatic nitrogens is 1. The Balaban J connectivity index is 2.80. The number of carboxylic acid groups (broad SMARTS) is 1. The van der Waals surface area contributed by atoms with Crippen LogP contribution in [0, 0.1) is 5.92 Å². The second-order valence-electron chi connectivity index (χ2n) is 3.71. The molecule has 0 aliphatic heterocycles. The molecule has 1 atom stereocenters. The van der Waals surface area contributed by atoms with E-state index in [9.17, 15) is 13.2 Å². The highest BCUT2D eigenvalue weighted by atomic mass is 32.2. The van der Waals surface area contributed by atoms with E-state index in [0.717, 1.165) is 17.1 Å². The first-order chi connectivity index (χ1) is 8.38. The molecule has 6 nitrogen and oxygen atoms in total. The minimum atomic E-state index is -3.79. The molecule has 0 aliphatic rings. The van der Waals surface area contributed by atoms with Crippen molar-refractivity contribution in [2.24, 2.45) is 5.92 Å². The fourth-order valence-corrected chi connectivity index (χ4v) is 4.26. The van der Waals surface area contributed by atoms with Gasteiger partial charge in [-0.3, -0.25) is 0 Å². The monoisotopic (exact) mass is 310 g/mol. The van der Waals surface area contributed by atoms with Crippen molar-refractivity contribution in [3.05, 3.63) is 11.2 Å². The Morgan fingerprint density at radius 3 is 2.89 bits per heavy atom. The van der Waals surface area contributed by atoms with Gasteiger partial charge < -0.3 is 5.11 Å². The summed E-state index contributed by atoms with van der Waals surface area (Å²) >= 11 is 2.43. The third-order valence-electron chi connectivity index (χ3n) is 2.05. The van der Waals surface area contributed by atoms with Gasteiger partial charge in [0.15, 0.2) is 9.90 Å². The Labute approximate surface area is 114 Å². The van der Waals surface area contributed by atoms with Gasteiger partial charge in [0, 0.05) is 6.54 Å². The molecule has 0 amide bonds. The number of rotatable bonds is 7. The van der Waals surface area contributed by atoms with Crippen LogP contribution in [0.1, 0.15) is 17.4 Å². The van der Waals surface area contributed by atoms with Gasteiger partial charge in [-0.25, -0.2) is 22.9 Å². The first kappa shape index (κ1) is 15.4. The lowest BCUT2D eigenvalue weighted by molar-refractivity contribution is 0.0687. The number of thiazole rings is 1. The van der Waals surface area contributed by atoms with Gasteiger partial charge >= 0.3 is 5.97 Å². The quantitative estimate of drug-likeness (QED) is 0.783. The molecule has 0 radical (unpaired) electrons. The minimum absolute atomic E-state index is 0.177. The lowest BCUT2D eigenvalue weighted by Crippen LogP contribution is -2.29. The number of sulfonamides is 1. The Morgan fingerprint density at radius 1 is 1.67 bits per heavy atom. The van der Waals surface area contributed by atoms with Gasteiger partial charge in [0.25, 0.3) is 10.0 Å². The molecule has 0 aliphatic carbocycles. The first-order valence-electron chi connectivity index (χ1n) is 5.04. The third-order valence-corrected chi connectivity index (χ3v) is 5.75. The van der Waals surface area contributed by atoms with Gasteiger partial charge in [0.05, 0.1) is 5.51 Å². The van der Waals surface area contributed by atoms with Crippen LogP contribution in [0.25, 0.3) is 0 Å². The minimum Gasteiger partial charge on any atom is -0.476 e. The van der Waals surface area contributed by atoms with E-state index in [4.69, 9.17) is 5.11 Å². The van der Waals surface area contributed by atoms with E-state index in [0.29, 0.717) is 0 Å². The largest absolute Gasteiger partial charge is 0.476 e. The van der Waals surface area contributed by atoms with E-state index in [1.807, 2.05) is 13.2 Å². The third kappa shape index (κ3) is 3.94. The maximum Gasteiger partial charge on any atom is 0.356 e. The molecule has 1 heterocycles. The van der Waals surface area contributed by atoms with Gasteiger partial charge in [-0.15, -0.1) is 11.3 Å². The van der Waals surface area contributed by atoms with Crippen LogP contribution >= 0.6 is 23.1 Å². The summed E-state index contributed by atoms with van der Waals surface area (Å²) in [5.41, 5.74) is 0.786. The Kier molecular flexibility index (Phi) is 5.57. The van der Waals surface area contributed by atoms with Gasteiger partial charge in [0.1, 0.15) is 0 Å². The Bertz CT molecular complexity index is 512. The molecule has 1 aromatic rings. The lowest BCUT2D eigenvalue weighted by atomic mass is 10.2. The molecule has 1 aromatic heterocycles. The smallest absolute Gasteiger partial charge is 0.356 e. The number of carboxylic acids is 1. The SMILES string of the molecule is CSCC(C)CNS(=O)(=O)c1scnc1C(=O)O. The fourth-order valence-electron chi connectivity index (χ4n) is 1.23. The highest BCUT2D eigenvalue weighted by Gasteiger charge is 2.25. The molecule has 0 spiro atoms. The highest BCUT2D eigenvalue weighted by molar-refractivity contribution is 7.98. The predicted molar refractivity (Wildman–Crippen MR) is 71.8 cm³/mol. The fraction of sp³-hybridized carbons (Fsp3) is 0.556. The van der Waals surface area contributed by atoms with Crippen molar-refractivity contribution < 1.29 is 18.3 Å². The van der Waals surface area contributed by atoms with E-state index in [1.165, 1.54) is 5.51 Å². The number of hydrogen-bond donors (Lipinski definition) is 2. The molecule has 1 unspecified atom stereocenters. The lowest BCUT2D eigenvalue weighted by Gasteiger charge is -2.10. The van der Waals surface area contributed by atoms with Crippen molar-refractivity contribution in [1.82, 2.24) is 9.71 Å². The van der Waals surface area contributed by atoms with Crippen LogP contribution in [0.4, 0.5) is 0 Å². The average molecular weight is 310 g/mol. The molecule has 0 saturated carbocycles. The molecule has 1 rings (SSSR count). The summed E-state index contributed by atoms with van der Waals surface area (Å²) in [6.07, 6.45) is 1.94. The average Bonchev–Trinajstić information content (AvgIpc) is 2.76. The summed E-state index contributed by atoms with van der Waals surface area (Å²) in [5.74, 6) is -0.332. The van der Waals surface area contributed by atoms with E-state index >= 15 is 0 Å². The summed E-state index contributed by atoms with van der Waals surface area (Å²) in [5, 5.41) is 8.83. The van der Waals surface area contributed by atoms with Crippen molar-refractivity contribution in [1.29, 1.82) is 0 Å². The summed E-state index contributed by atoms with van der Waals surface area (Å²) in [6.45, 7) is 2.20. The summed E-state index contributed by atoms with van der Waals surface area (Å²) in [7, 11) is -3.79. The zero-order valence-corrected chi connectivity index (χ0v) is 12.4. The number of thioether (sulfide) groups is 1. The molecule has 2 N–H and O–H groups in total. The molecular formula is C9H14N2O4S3. The molecular weight excluding hydrogens is 296 g/mol. The zero-order valence-electron chi connectivity index (χ0n) is 9.91. The van der Waals surface area contributed by atoms with Crippen LogP contribution in [0.2, 0.25) is 0 Å². The Hall–Kier alpha value is -0.640. The number of hydrogen-bond acceptors (Lipinski definition) is 6. The van der Waals surface area contributed by atoms with Crippen LogP contribution in [-0.2, 0) is 10.0 Å². The molecule has 0 fully saturated rings. The summed E-state index contributed by atoms with van der Waals surface area (Å²) in [6, 6.07) is 0. The van der Waals surface area contributed by atoms with Crippen LogP contribution in [0.3, 0.4) is 0 Å². The van der Waals surface area contributed by atoms with Gasteiger partial charge in [0.2, 0.25) is 0 Å². The maximum atomic E-state index is 11.9. The van der Waals surface area contributed by atoms with Crippen molar-refractivity contribution >= 4 is 39.1 Å². The van der Waals surface area contributed by atoms with E-state index < -0.39 is 21.7 Å². The molecule has 0 bridgehead atoms. The van der Waals surface area contributed by atoms with Crippen molar-refractivity contribution in [2.75, 3.05) is 18.6 Å². The van der Waals surface area contributed by atoms with Gasteiger partial charge in [-0.05, 0) is 17.9 Å².